The van der Waals surface area contributed by atoms with Gasteiger partial charge in [0.1, 0.15) is 0 Å². The van der Waals surface area contributed by atoms with Crippen LogP contribution in [-0.2, 0) is 15.9 Å². The smallest absolute Gasteiger partial charge is 0.422 e. The summed E-state index contributed by atoms with van der Waals surface area (Å²) in [7, 11) is 2.38. The Labute approximate surface area is 131 Å². The lowest BCUT2D eigenvalue weighted by atomic mass is 10.2. The van der Waals surface area contributed by atoms with Gasteiger partial charge < -0.3 is 9.47 Å². The zero-order valence-electron chi connectivity index (χ0n) is 12.7. The van der Waals surface area contributed by atoms with Gasteiger partial charge in [0, 0.05) is 10.3 Å². The number of carbonyl (C=O) groups is 2. The van der Waals surface area contributed by atoms with Crippen molar-refractivity contribution in [2.45, 2.75) is 32.6 Å². The average molecular weight is 326 g/mol. The van der Waals surface area contributed by atoms with Gasteiger partial charge in [-0.2, -0.15) is 9.13 Å². The number of unbranched alkanes of at least 4 members (excludes halogenated alkanes) is 2. The van der Waals surface area contributed by atoms with Gasteiger partial charge in [-0.15, -0.1) is 11.3 Å². The molecule has 7 nitrogen and oxygen atoms in total. The number of imidazole rings is 1. The molecule has 0 aliphatic rings. The van der Waals surface area contributed by atoms with Crippen molar-refractivity contribution < 1.29 is 19.1 Å². The fourth-order valence-electron chi connectivity index (χ4n) is 2.32. The first-order valence-corrected chi connectivity index (χ1v) is 7.85. The fourth-order valence-corrected chi connectivity index (χ4v) is 3.36. The molecule has 2 heterocycles. The molecule has 0 saturated heterocycles. The number of carbonyl (C=O) groups excluding carboxylic acids is 2. The monoisotopic (exact) mass is 326 g/mol. The van der Waals surface area contributed by atoms with Gasteiger partial charge in [-0.3, -0.25) is 0 Å². The summed E-state index contributed by atoms with van der Waals surface area (Å²) in [6.07, 6.45) is 2.18. The second-order valence-corrected chi connectivity index (χ2v) is 5.71. The Morgan fingerprint density at radius 2 is 1.77 bits per heavy atom. The first-order valence-electron chi connectivity index (χ1n) is 6.97. The maximum atomic E-state index is 12.4. The molecule has 0 saturated carbocycles. The third kappa shape index (κ3) is 2.66. The average Bonchev–Trinajstić information content (AvgIpc) is 3.03. The van der Waals surface area contributed by atoms with E-state index in [2.05, 4.69) is 16.4 Å². The van der Waals surface area contributed by atoms with Gasteiger partial charge in [0.2, 0.25) is 0 Å². The summed E-state index contributed by atoms with van der Waals surface area (Å²) in [4.78, 5) is 37.0. The number of ether oxygens (including phenoxy) is 2. The van der Waals surface area contributed by atoms with Crippen molar-refractivity contribution in [1.29, 1.82) is 0 Å². The van der Waals surface area contributed by atoms with Gasteiger partial charge in [0.15, 0.2) is 0 Å². The lowest BCUT2D eigenvalue weighted by Crippen LogP contribution is -2.32. The molecule has 0 bridgehead atoms. The van der Waals surface area contributed by atoms with Crippen LogP contribution in [-0.4, -0.2) is 35.5 Å². The number of nitrogens with zero attached hydrogens (tertiary/aromatic N) is 2. The van der Waals surface area contributed by atoms with E-state index in [1.54, 1.807) is 5.38 Å². The van der Waals surface area contributed by atoms with Crippen LogP contribution in [0.5, 0.6) is 0 Å². The second-order valence-electron chi connectivity index (χ2n) is 4.74. The Balaban J connectivity index is 2.64. The molecule has 0 aliphatic carbocycles. The van der Waals surface area contributed by atoms with Crippen molar-refractivity contribution >= 4 is 34.6 Å². The highest BCUT2D eigenvalue weighted by Crippen LogP contribution is 2.27. The fraction of sp³-hybridized carbons (Fsp3) is 0.500. The number of thiophene rings is 1. The maximum absolute atomic E-state index is 12.4. The van der Waals surface area contributed by atoms with E-state index >= 15 is 0 Å². The molecule has 22 heavy (non-hydrogen) atoms. The molecule has 0 unspecified atom stereocenters. The van der Waals surface area contributed by atoms with E-state index in [0.29, 0.717) is 11.0 Å². The minimum atomic E-state index is -0.824. The summed E-state index contributed by atoms with van der Waals surface area (Å²) < 4.78 is 11.0. The molecule has 2 aromatic heterocycles. The third-order valence-corrected chi connectivity index (χ3v) is 4.41. The first-order chi connectivity index (χ1) is 10.6. The van der Waals surface area contributed by atoms with Crippen LogP contribution in [0.15, 0.2) is 10.2 Å². The highest BCUT2D eigenvalue weighted by Gasteiger charge is 2.26. The molecule has 0 radical (unpaired) electrons. The summed E-state index contributed by atoms with van der Waals surface area (Å²) in [5, 5.41) is 1.69. The molecule has 0 atom stereocenters. The minimum Gasteiger partial charge on any atom is -0.452 e. The topological polar surface area (TPSA) is 79.5 Å². The molecule has 2 rings (SSSR count). The van der Waals surface area contributed by atoms with Crippen LogP contribution in [0.1, 0.15) is 31.1 Å². The number of hydrogen-bond acceptors (Lipinski definition) is 6. The van der Waals surface area contributed by atoms with Crippen molar-refractivity contribution in [3.05, 3.63) is 20.7 Å². The Hall–Kier alpha value is -2.09. The number of rotatable bonds is 4. The lowest BCUT2D eigenvalue weighted by Gasteiger charge is -2.02. The van der Waals surface area contributed by atoms with Crippen LogP contribution < -0.4 is 5.69 Å². The summed E-state index contributed by atoms with van der Waals surface area (Å²) in [5.41, 5.74) is 0.0374. The van der Waals surface area contributed by atoms with Gasteiger partial charge in [0.25, 0.3) is 0 Å². The van der Waals surface area contributed by atoms with Gasteiger partial charge in [0.05, 0.1) is 25.3 Å². The Bertz CT molecular complexity index is 755. The number of fused-ring (bicyclic) bond motifs is 1. The third-order valence-electron chi connectivity index (χ3n) is 3.39. The zero-order chi connectivity index (χ0) is 16.3. The molecule has 0 amide bonds. The molecule has 0 aromatic carbocycles. The molecule has 0 spiro atoms. The van der Waals surface area contributed by atoms with E-state index < -0.39 is 17.9 Å². The zero-order valence-corrected chi connectivity index (χ0v) is 13.6. The summed E-state index contributed by atoms with van der Waals surface area (Å²) in [5.74, 6) is 0. The van der Waals surface area contributed by atoms with E-state index in [1.807, 2.05) is 0 Å². The van der Waals surface area contributed by atoms with Crippen molar-refractivity contribution in [3.8, 4) is 0 Å². The van der Waals surface area contributed by atoms with Gasteiger partial charge in [-0.25, -0.2) is 14.4 Å². The molecule has 0 N–H and O–H groups in total. The standard InChI is InChI=1S/C14H18N2O5S/c1-4-5-6-7-10-11-9(8-22-10)15(13(18)20-2)12(17)16(11)14(19)21-3/h8H,4-7H2,1-3H3. The summed E-state index contributed by atoms with van der Waals surface area (Å²) in [6, 6.07) is 0. The number of hydrogen-bond donors (Lipinski definition) is 0. The van der Waals surface area contributed by atoms with Crippen LogP contribution in [0.2, 0.25) is 0 Å². The number of methoxy groups -OCH3 is 2. The van der Waals surface area contributed by atoms with Crippen LogP contribution in [0.25, 0.3) is 11.0 Å². The van der Waals surface area contributed by atoms with Crippen LogP contribution >= 0.6 is 11.3 Å². The van der Waals surface area contributed by atoms with Crippen molar-refractivity contribution in [2.24, 2.45) is 0 Å². The molecule has 8 heteroatoms. The minimum absolute atomic E-state index is 0.374. The van der Waals surface area contributed by atoms with E-state index in [-0.39, 0.29) is 0 Å². The summed E-state index contributed by atoms with van der Waals surface area (Å²) >= 11 is 1.42. The Morgan fingerprint density at radius 3 is 2.36 bits per heavy atom. The van der Waals surface area contributed by atoms with Gasteiger partial charge >= 0.3 is 17.9 Å². The predicted octanol–water partition coefficient (Wildman–Crippen LogP) is 2.83. The molecular weight excluding hydrogens is 308 g/mol. The predicted molar refractivity (Wildman–Crippen MR) is 82.9 cm³/mol. The maximum Gasteiger partial charge on any atom is 0.422 e. The van der Waals surface area contributed by atoms with Crippen molar-refractivity contribution in [2.75, 3.05) is 14.2 Å². The van der Waals surface area contributed by atoms with E-state index in [4.69, 9.17) is 0 Å². The first kappa shape index (κ1) is 16.3. The van der Waals surface area contributed by atoms with Crippen LogP contribution in [0, 0.1) is 0 Å². The Morgan fingerprint density at radius 1 is 1.14 bits per heavy atom. The molecular formula is C14H18N2O5S. The van der Waals surface area contributed by atoms with Crippen LogP contribution in [0.3, 0.4) is 0 Å². The molecule has 0 fully saturated rings. The second kappa shape index (κ2) is 6.78. The van der Waals surface area contributed by atoms with E-state index in [9.17, 15) is 14.4 Å². The molecule has 0 aliphatic heterocycles. The van der Waals surface area contributed by atoms with Crippen molar-refractivity contribution in [3.63, 3.8) is 0 Å². The molecule has 2 aromatic rings. The lowest BCUT2D eigenvalue weighted by molar-refractivity contribution is 0.169. The largest absolute Gasteiger partial charge is 0.452 e. The molecule has 120 valence electrons. The number of aryl methyl sites for hydroxylation is 1. The van der Waals surface area contributed by atoms with E-state index in [0.717, 1.165) is 39.7 Å². The van der Waals surface area contributed by atoms with Crippen molar-refractivity contribution in [1.82, 2.24) is 9.13 Å². The van der Waals surface area contributed by atoms with E-state index in [1.165, 1.54) is 25.6 Å². The van der Waals surface area contributed by atoms with Gasteiger partial charge in [-0.1, -0.05) is 19.8 Å². The SMILES string of the molecule is CCCCCc1scc2c1n(C(=O)OC)c(=O)n2C(=O)OC. The summed E-state index contributed by atoms with van der Waals surface area (Å²) in [6.45, 7) is 2.10. The van der Waals surface area contributed by atoms with Crippen LogP contribution in [0.4, 0.5) is 9.59 Å². The highest BCUT2D eigenvalue weighted by atomic mass is 32.1. The van der Waals surface area contributed by atoms with Gasteiger partial charge in [-0.05, 0) is 12.8 Å². The normalized spacial score (nSPS) is 10.9. The Kier molecular flexibility index (Phi) is 5.02. The quantitative estimate of drug-likeness (QED) is 0.807. The number of aromatic nitrogens is 2. The highest BCUT2D eigenvalue weighted by molar-refractivity contribution is 7.11.